The fourth-order valence-electron chi connectivity index (χ4n) is 7.32. The van der Waals surface area contributed by atoms with Gasteiger partial charge < -0.3 is 43.9 Å². The molecule has 0 atom stereocenters. The summed E-state index contributed by atoms with van der Waals surface area (Å²) in [5, 5.41) is 5.26. The highest BCUT2D eigenvalue weighted by molar-refractivity contribution is 9.10. The van der Waals surface area contributed by atoms with E-state index in [0.717, 1.165) is 114 Å². The number of aromatic nitrogens is 8. The summed E-state index contributed by atoms with van der Waals surface area (Å²) >= 11 is 3.37. The fraction of sp³-hybridized carbons (Fsp3) is 0.302. The third-order valence-electron chi connectivity index (χ3n) is 10.5. The highest BCUT2D eigenvalue weighted by atomic mass is 79.9. The zero-order valence-corrected chi connectivity index (χ0v) is 36.0. The quantitative estimate of drug-likeness (QED) is 0.163. The maximum absolute atomic E-state index is 5.48. The first kappa shape index (κ1) is 40.9. The van der Waals surface area contributed by atoms with E-state index in [1.54, 1.807) is 53.5 Å². The summed E-state index contributed by atoms with van der Waals surface area (Å²) in [6.45, 7) is 7.23. The maximum Gasteiger partial charge on any atom is 0.225 e. The Morgan fingerprint density at radius 3 is 1.36 bits per heavy atom. The zero-order chi connectivity index (χ0) is 42.1. The van der Waals surface area contributed by atoms with Crippen molar-refractivity contribution in [2.45, 2.75) is 6.54 Å². The van der Waals surface area contributed by atoms with Crippen molar-refractivity contribution in [3.05, 3.63) is 102 Å². The van der Waals surface area contributed by atoms with E-state index in [-0.39, 0.29) is 0 Å². The number of halogens is 1. The Kier molecular flexibility index (Phi) is 12.8. The predicted molar refractivity (Wildman–Crippen MR) is 240 cm³/mol. The van der Waals surface area contributed by atoms with Crippen LogP contribution >= 0.6 is 15.9 Å². The minimum absolute atomic E-state index is 0.656. The van der Waals surface area contributed by atoms with Gasteiger partial charge in [0.25, 0.3) is 0 Å². The van der Waals surface area contributed by atoms with Gasteiger partial charge in [-0.15, -0.1) is 0 Å². The largest absolute Gasteiger partial charge is 0.493 e. The third-order valence-corrected chi connectivity index (χ3v) is 11.0. The predicted octanol–water partition coefficient (Wildman–Crippen LogP) is 5.90. The highest BCUT2D eigenvalue weighted by Crippen LogP contribution is 2.36. The number of fused-ring (bicyclic) bond motifs is 2. The lowest BCUT2D eigenvalue weighted by Gasteiger charge is -2.35. The van der Waals surface area contributed by atoms with Crippen LogP contribution in [-0.2, 0) is 6.54 Å². The molecular weight excluding hydrogens is 842 g/mol. The van der Waals surface area contributed by atoms with Gasteiger partial charge in [0.05, 0.1) is 62.0 Å². The van der Waals surface area contributed by atoms with Crippen molar-refractivity contribution in [3.8, 4) is 23.0 Å². The first-order valence-electron chi connectivity index (χ1n) is 19.7. The lowest BCUT2D eigenvalue weighted by molar-refractivity contribution is 0.356. The van der Waals surface area contributed by atoms with Crippen LogP contribution < -0.4 is 43.9 Å². The molecule has 6 heterocycles. The molecule has 1 N–H and O–H groups in total. The Morgan fingerprint density at radius 2 is 0.918 bits per heavy atom. The second-order valence-electron chi connectivity index (χ2n) is 14.1. The molecule has 4 aromatic heterocycles. The highest BCUT2D eigenvalue weighted by Gasteiger charge is 2.24. The number of ether oxygens (including phenoxy) is 4. The molecule has 0 spiro atoms. The Hall–Kier alpha value is -6.82. The van der Waals surface area contributed by atoms with Crippen molar-refractivity contribution >= 4 is 67.0 Å². The van der Waals surface area contributed by atoms with Crippen LogP contribution in [0.5, 0.6) is 23.0 Å². The smallest absolute Gasteiger partial charge is 0.225 e. The van der Waals surface area contributed by atoms with Crippen molar-refractivity contribution in [2.75, 3.05) is 106 Å². The number of hydrogen-bond acceptors (Lipinski definition) is 17. The topological polar surface area (TPSA) is 165 Å². The van der Waals surface area contributed by atoms with Crippen LogP contribution in [0.4, 0.5) is 29.2 Å². The molecule has 3 aromatic carbocycles. The van der Waals surface area contributed by atoms with Crippen LogP contribution in [0.15, 0.2) is 96.5 Å². The van der Waals surface area contributed by atoms with E-state index in [1.165, 1.54) is 5.56 Å². The minimum atomic E-state index is 0.656. The summed E-state index contributed by atoms with van der Waals surface area (Å²) in [5.74, 6) is 5.93. The summed E-state index contributed by atoms with van der Waals surface area (Å²) in [6.07, 6.45) is 10.4. The van der Waals surface area contributed by atoms with Crippen LogP contribution in [0.1, 0.15) is 5.56 Å². The van der Waals surface area contributed by atoms with E-state index in [4.69, 9.17) is 18.9 Å². The molecule has 0 amide bonds. The Balaban J connectivity index is 0.000000173. The van der Waals surface area contributed by atoms with E-state index < -0.39 is 0 Å². The zero-order valence-electron chi connectivity index (χ0n) is 34.4. The van der Waals surface area contributed by atoms with Gasteiger partial charge in [0.15, 0.2) is 23.0 Å². The molecule has 0 unspecified atom stereocenters. The molecule has 7 aromatic rings. The number of nitrogens with zero attached hydrogens (tertiary/aromatic N) is 12. The molecule has 18 heteroatoms. The Bertz CT molecular complexity index is 2540. The fourth-order valence-corrected chi connectivity index (χ4v) is 7.53. The molecule has 2 aliphatic rings. The van der Waals surface area contributed by atoms with Gasteiger partial charge >= 0.3 is 0 Å². The number of hydrogen-bond donors (Lipinski definition) is 1. The van der Waals surface area contributed by atoms with Gasteiger partial charge in [0, 0.05) is 94.2 Å². The standard InChI is InChI=1S/C25H27N7O2.C18H19BrN6O2/c1-33-22-12-20-21(13-23(22)34-2)29-17-30-24(20)31-8-10-32(11-9-31)25-27-15-19(16-28-25)26-14-18-6-4-3-5-7-18;1-26-15-7-13-14(8-16(15)27-2)22-11-23-17(13)24-3-5-25(6-4-24)18-20-9-12(19)10-21-18/h3-7,12-13,15-17,26H,8-11,14H2,1-2H3;7-11H,3-6H2,1-2H3. The summed E-state index contributed by atoms with van der Waals surface area (Å²) in [6, 6.07) is 17.9. The van der Waals surface area contributed by atoms with Crippen LogP contribution in [-0.4, -0.2) is 121 Å². The number of benzene rings is 3. The third kappa shape index (κ3) is 9.33. The molecule has 0 saturated carbocycles. The molecule has 9 rings (SSSR count). The second-order valence-corrected chi connectivity index (χ2v) is 15.0. The van der Waals surface area contributed by atoms with E-state index in [9.17, 15) is 0 Å². The van der Waals surface area contributed by atoms with Crippen molar-refractivity contribution in [3.63, 3.8) is 0 Å². The van der Waals surface area contributed by atoms with Gasteiger partial charge in [-0.2, -0.15) is 0 Å². The van der Waals surface area contributed by atoms with E-state index in [0.29, 0.717) is 23.0 Å². The van der Waals surface area contributed by atoms with E-state index in [1.807, 2.05) is 54.9 Å². The first-order valence-corrected chi connectivity index (χ1v) is 20.5. The van der Waals surface area contributed by atoms with Gasteiger partial charge in [-0.3, -0.25) is 0 Å². The maximum atomic E-state index is 5.48. The van der Waals surface area contributed by atoms with Crippen LogP contribution in [0.2, 0.25) is 0 Å². The van der Waals surface area contributed by atoms with Crippen molar-refractivity contribution in [1.29, 1.82) is 0 Å². The normalized spacial score (nSPS) is 14.0. The number of methoxy groups -OCH3 is 4. The Morgan fingerprint density at radius 1 is 0.508 bits per heavy atom. The molecule has 2 saturated heterocycles. The van der Waals surface area contributed by atoms with Crippen molar-refractivity contribution < 1.29 is 18.9 Å². The molecular formula is C43H46BrN13O4. The van der Waals surface area contributed by atoms with Gasteiger partial charge in [-0.1, -0.05) is 30.3 Å². The van der Waals surface area contributed by atoms with Gasteiger partial charge in [0.1, 0.15) is 24.3 Å². The minimum Gasteiger partial charge on any atom is -0.493 e. The first-order chi connectivity index (χ1) is 29.9. The number of rotatable bonds is 11. The Labute approximate surface area is 361 Å². The molecule has 0 radical (unpaired) electrons. The summed E-state index contributed by atoms with van der Waals surface area (Å²) in [5.41, 5.74) is 3.78. The molecule has 2 fully saturated rings. The second kappa shape index (κ2) is 19.1. The molecule has 61 heavy (non-hydrogen) atoms. The number of anilines is 5. The van der Waals surface area contributed by atoms with E-state index in [2.05, 4.69) is 92.9 Å². The molecule has 0 aliphatic carbocycles. The lowest BCUT2D eigenvalue weighted by atomic mass is 10.2. The van der Waals surface area contributed by atoms with Crippen LogP contribution in [0.3, 0.4) is 0 Å². The lowest BCUT2D eigenvalue weighted by Crippen LogP contribution is -2.47. The summed E-state index contributed by atoms with van der Waals surface area (Å²) in [4.78, 5) is 44.7. The number of nitrogens with one attached hydrogen (secondary N) is 1. The average molecular weight is 889 g/mol. The molecule has 17 nitrogen and oxygen atoms in total. The SMILES string of the molecule is COc1cc2ncnc(N3CCN(c4ncc(Br)cn4)CC3)c2cc1OC.COc1cc2ncnc(N3CCN(c4ncc(NCc5ccccc5)cn4)CC3)c2cc1OC. The molecule has 314 valence electrons. The van der Waals surface area contributed by atoms with Gasteiger partial charge in [-0.25, -0.2) is 39.9 Å². The molecule has 0 bridgehead atoms. The van der Waals surface area contributed by atoms with Crippen molar-refractivity contribution in [2.24, 2.45) is 0 Å². The number of piperazine rings is 2. The van der Waals surface area contributed by atoms with Gasteiger partial charge in [-0.05, 0) is 33.6 Å². The molecule has 2 aliphatic heterocycles. The monoisotopic (exact) mass is 887 g/mol. The van der Waals surface area contributed by atoms with Crippen molar-refractivity contribution in [1.82, 2.24) is 39.9 Å². The average Bonchev–Trinajstić information content (AvgIpc) is 3.33. The summed E-state index contributed by atoms with van der Waals surface area (Å²) in [7, 11) is 6.51. The summed E-state index contributed by atoms with van der Waals surface area (Å²) < 4.78 is 22.6. The van der Waals surface area contributed by atoms with Crippen LogP contribution in [0, 0.1) is 0 Å². The van der Waals surface area contributed by atoms with Crippen LogP contribution in [0.25, 0.3) is 21.8 Å². The van der Waals surface area contributed by atoms with E-state index >= 15 is 0 Å². The van der Waals surface area contributed by atoms with Gasteiger partial charge in [0.2, 0.25) is 11.9 Å².